The molecule has 0 saturated carbocycles. The molecule has 0 aliphatic carbocycles. The quantitative estimate of drug-likeness (QED) is 0.550. The SMILES string of the molecule is COCOc1cc(C)cc(OCOCc2ccccc2)c1. The predicted molar refractivity (Wildman–Crippen MR) is 80.4 cm³/mol. The first-order valence-electron chi connectivity index (χ1n) is 6.76. The van der Waals surface area contributed by atoms with Gasteiger partial charge in [0.1, 0.15) is 11.5 Å². The van der Waals surface area contributed by atoms with Gasteiger partial charge in [0.25, 0.3) is 0 Å². The first kappa shape index (κ1) is 15.4. The Morgan fingerprint density at radius 3 is 2.19 bits per heavy atom. The molecular formula is C17H20O4. The van der Waals surface area contributed by atoms with Crippen LogP contribution in [0.1, 0.15) is 11.1 Å². The Morgan fingerprint density at radius 2 is 1.52 bits per heavy atom. The van der Waals surface area contributed by atoms with Gasteiger partial charge >= 0.3 is 0 Å². The van der Waals surface area contributed by atoms with E-state index in [9.17, 15) is 0 Å². The molecule has 0 radical (unpaired) electrons. The lowest BCUT2D eigenvalue weighted by Gasteiger charge is -2.11. The molecule has 2 aromatic carbocycles. The molecule has 0 saturated heterocycles. The number of benzene rings is 2. The van der Waals surface area contributed by atoms with Crippen LogP contribution in [0.2, 0.25) is 0 Å². The van der Waals surface area contributed by atoms with Crippen LogP contribution in [0.3, 0.4) is 0 Å². The molecule has 2 rings (SSSR count). The summed E-state index contributed by atoms with van der Waals surface area (Å²) in [4.78, 5) is 0. The van der Waals surface area contributed by atoms with Crippen LogP contribution < -0.4 is 9.47 Å². The Labute approximate surface area is 125 Å². The maximum Gasteiger partial charge on any atom is 0.189 e. The highest BCUT2D eigenvalue weighted by Crippen LogP contribution is 2.22. The Hall–Kier alpha value is -2.04. The van der Waals surface area contributed by atoms with Gasteiger partial charge in [-0.3, -0.25) is 0 Å². The van der Waals surface area contributed by atoms with Gasteiger partial charge in [-0.2, -0.15) is 0 Å². The lowest BCUT2D eigenvalue weighted by Crippen LogP contribution is -2.04. The normalized spacial score (nSPS) is 10.4. The fourth-order valence-electron chi connectivity index (χ4n) is 1.85. The predicted octanol–water partition coefficient (Wildman–Crippen LogP) is 3.53. The van der Waals surface area contributed by atoms with E-state index < -0.39 is 0 Å². The highest BCUT2D eigenvalue weighted by Gasteiger charge is 2.01. The molecule has 0 unspecified atom stereocenters. The monoisotopic (exact) mass is 288 g/mol. The van der Waals surface area contributed by atoms with Gasteiger partial charge in [-0.25, -0.2) is 0 Å². The third-order valence-electron chi connectivity index (χ3n) is 2.79. The van der Waals surface area contributed by atoms with Crippen molar-refractivity contribution in [2.75, 3.05) is 20.7 Å². The summed E-state index contributed by atoms with van der Waals surface area (Å²) in [6, 6.07) is 15.7. The first-order valence-corrected chi connectivity index (χ1v) is 6.76. The second-order valence-electron chi connectivity index (χ2n) is 4.63. The van der Waals surface area contributed by atoms with E-state index >= 15 is 0 Å². The topological polar surface area (TPSA) is 36.9 Å². The summed E-state index contributed by atoms with van der Waals surface area (Å²) in [6.45, 7) is 2.92. The van der Waals surface area contributed by atoms with E-state index in [1.54, 1.807) is 7.11 Å². The van der Waals surface area contributed by atoms with Gasteiger partial charge < -0.3 is 18.9 Å². The minimum atomic E-state index is 0.196. The Bertz CT molecular complexity index is 540. The molecule has 0 atom stereocenters. The molecule has 112 valence electrons. The van der Waals surface area contributed by atoms with Crippen LogP contribution in [0.4, 0.5) is 0 Å². The Kier molecular flexibility index (Phi) is 6.06. The summed E-state index contributed by atoms with van der Waals surface area (Å²) in [5, 5.41) is 0. The van der Waals surface area contributed by atoms with Crippen molar-refractivity contribution in [2.24, 2.45) is 0 Å². The smallest absolute Gasteiger partial charge is 0.189 e. The fourth-order valence-corrected chi connectivity index (χ4v) is 1.85. The number of aryl methyl sites for hydroxylation is 1. The third-order valence-corrected chi connectivity index (χ3v) is 2.79. The van der Waals surface area contributed by atoms with Crippen molar-refractivity contribution in [1.29, 1.82) is 0 Å². The molecule has 0 amide bonds. The molecule has 0 fully saturated rings. The fraction of sp³-hybridized carbons (Fsp3) is 0.294. The molecule has 0 bridgehead atoms. The van der Waals surface area contributed by atoms with Gasteiger partial charge in [-0.05, 0) is 30.2 Å². The van der Waals surface area contributed by atoms with Crippen molar-refractivity contribution in [3.05, 3.63) is 59.7 Å². The van der Waals surface area contributed by atoms with Crippen LogP contribution in [0.5, 0.6) is 11.5 Å². The highest BCUT2D eigenvalue weighted by molar-refractivity contribution is 5.37. The van der Waals surface area contributed by atoms with Crippen LogP contribution >= 0.6 is 0 Å². The van der Waals surface area contributed by atoms with Crippen molar-refractivity contribution in [3.8, 4) is 11.5 Å². The zero-order valence-corrected chi connectivity index (χ0v) is 12.4. The van der Waals surface area contributed by atoms with E-state index in [2.05, 4.69) is 0 Å². The van der Waals surface area contributed by atoms with Crippen LogP contribution in [-0.2, 0) is 16.1 Å². The summed E-state index contributed by atoms with van der Waals surface area (Å²) in [5.41, 5.74) is 2.18. The second-order valence-corrected chi connectivity index (χ2v) is 4.63. The summed E-state index contributed by atoms with van der Waals surface area (Å²) >= 11 is 0. The van der Waals surface area contributed by atoms with Crippen molar-refractivity contribution in [3.63, 3.8) is 0 Å². The average molecular weight is 288 g/mol. The van der Waals surface area contributed by atoms with E-state index in [1.807, 2.05) is 55.5 Å². The number of hydrogen-bond acceptors (Lipinski definition) is 4. The van der Waals surface area contributed by atoms with Crippen molar-refractivity contribution in [1.82, 2.24) is 0 Å². The second kappa shape index (κ2) is 8.29. The molecule has 4 heteroatoms. The standard InChI is InChI=1S/C17H20O4/c1-14-8-16(20-12-18-2)10-17(9-14)21-13-19-11-15-6-4-3-5-7-15/h3-10H,11-13H2,1-2H3. The Morgan fingerprint density at radius 1 is 0.857 bits per heavy atom. The van der Waals surface area contributed by atoms with Crippen LogP contribution in [0, 0.1) is 6.92 Å². The summed E-state index contributed by atoms with van der Waals surface area (Å²) < 4.78 is 21.4. The number of ether oxygens (including phenoxy) is 4. The van der Waals surface area contributed by atoms with Gasteiger partial charge in [-0.15, -0.1) is 0 Å². The molecule has 0 heterocycles. The summed E-state index contributed by atoms with van der Waals surface area (Å²) in [7, 11) is 1.59. The van der Waals surface area contributed by atoms with E-state index in [0.29, 0.717) is 12.4 Å². The van der Waals surface area contributed by atoms with Gasteiger partial charge in [0.2, 0.25) is 0 Å². The molecule has 2 aromatic rings. The highest BCUT2D eigenvalue weighted by atomic mass is 16.7. The molecule has 0 aliphatic heterocycles. The average Bonchev–Trinajstić information content (AvgIpc) is 2.50. The molecule has 4 nitrogen and oxygen atoms in total. The molecule has 0 spiro atoms. The van der Waals surface area contributed by atoms with Crippen molar-refractivity contribution in [2.45, 2.75) is 13.5 Å². The molecule has 0 N–H and O–H groups in total. The van der Waals surface area contributed by atoms with Gasteiger partial charge in [0.15, 0.2) is 13.6 Å². The van der Waals surface area contributed by atoms with E-state index in [-0.39, 0.29) is 13.6 Å². The van der Waals surface area contributed by atoms with E-state index in [0.717, 1.165) is 16.9 Å². The summed E-state index contributed by atoms with van der Waals surface area (Å²) in [6.07, 6.45) is 0. The van der Waals surface area contributed by atoms with Crippen molar-refractivity contribution < 1.29 is 18.9 Å². The lowest BCUT2D eigenvalue weighted by atomic mass is 10.2. The van der Waals surface area contributed by atoms with Gasteiger partial charge in [-0.1, -0.05) is 30.3 Å². The van der Waals surface area contributed by atoms with Crippen LogP contribution in [0.25, 0.3) is 0 Å². The minimum Gasteiger partial charge on any atom is -0.467 e. The van der Waals surface area contributed by atoms with Crippen LogP contribution in [-0.4, -0.2) is 20.7 Å². The molecular weight excluding hydrogens is 268 g/mol. The lowest BCUT2D eigenvalue weighted by molar-refractivity contribution is 0.00460. The number of methoxy groups -OCH3 is 1. The molecule has 0 aliphatic rings. The largest absolute Gasteiger partial charge is 0.467 e. The van der Waals surface area contributed by atoms with E-state index in [1.165, 1.54) is 0 Å². The minimum absolute atomic E-state index is 0.196. The maximum atomic E-state index is 5.59. The van der Waals surface area contributed by atoms with Gasteiger partial charge in [0, 0.05) is 13.2 Å². The Balaban J connectivity index is 1.81. The zero-order valence-electron chi connectivity index (χ0n) is 12.4. The van der Waals surface area contributed by atoms with Gasteiger partial charge in [0.05, 0.1) is 6.61 Å². The van der Waals surface area contributed by atoms with E-state index in [4.69, 9.17) is 18.9 Å². The first-order chi connectivity index (χ1) is 10.3. The molecule has 21 heavy (non-hydrogen) atoms. The number of rotatable bonds is 8. The maximum absolute atomic E-state index is 5.59. The van der Waals surface area contributed by atoms with Crippen LogP contribution in [0.15, 0.2) is 48.5 Å². The van der Waals surface area contributed by atoms with Crippen molar-refractivity contribution >= 4 is 0 Å². The number of hydrogen-bond donors (Lipinski definition) is 0. The third kappa shape index (κ3) is 5.45. The summed E-state index contributed by atoms with van der Waals surface area (Å²) in [5.74, 6) is 1.43. The zero-order chi connectivity index (χ0) is 14.9. The molecule has 0 aromatic heterocycles.